The van der Waals surface area contributed by atoms with Crippen molar-refractivity contribution in [2.75, 3.05) is 11.1 Å². The molecule has 0 aliphatic rings. The fourth-order valence-electron chi connectivity index (χ4n) is 3.83. The van der Waals surface area contributed by atoms with Crippen LogP contribution in [0.4, 0.5) is 5.69 Å². The van der Waals surface area contributed by atoms with Crippen LogP contribution >= 0.6 is 11.8 Å². The Kier molecular flexibility index (Phi) is 5.66. The maximum Gasteiger partial charge on any atom is 0.262 e. The maximum atomic E-state index is 12.8. The number of fused-ring (bicyclic) bond motifs is 3. The fraction of sp³-hybridized carbons (Fsp3) is 0.120. The first kappa shape index (κ1) is 21.0. The zero-order valence-electron chi connectivity index (χ0n) is 17.9. The predicted octanol–water partition coefficient (Wildman–Crippen LogP) is 3.90. The molecule has 8 heteroatoms. The molecule has 1 N–H and O–H groups in total. The molecular weight excluding hydrogens is 434 g/mol. The predicted molar refractivity (Wildman–Crippen MR) is 131 cm³/mol. The van der Waals surface area contributed by atoms with Gasteiger partial charge in [-0.15, -0.1) is 10.2 Å². The van der Waals surface area contributed by atoms with Crippen molar-refractivity contribution in [3.8, 4) is 0 Å². The average Bonchev–Trinajstić information content (AvgIpc) is 3.27. The minimum absolute atomic E-state index is 0.130. The summed E-state index contributed by atoms with van der Waals surface area (Å²) in [5.74, 6) is 0.471. The number of thioether (sulfide) groups is 1. The number of hydrogen-bond donors (Lipinski definition) is 1. The van der Waals surface area contributed by atoms with Crippen LogP contribution in [-0.2, 0) is 18.3 Å². The largest absolute Gasteiger partial charge is 0.325 e. The molecule has 0 aliphatic heterocycles. The van der Waals surface area contributed by atoms with Crippen LogP contribution in [0.25, 0.3) is 16.7 Å². The summed E-state index contributed by atoms with van der Waals surface area (Å²) in [5.41, 5.74) is 3.62. The molecule has 33 heavy (non-hydrogen) atoms. The normalized spacial score (nSPS) is 11.2. The molecule has 2 aromatic heterocycles. The van der Waals surface area contributed by atoms with E-state index in [4.69, 9.17) is 0 Å². The second-order valence-corrected chi connectivity index (χ2v) is 8.60. The molecule has 5 aromatic rings. The van der Waals surface area contributed by atoms with E-state index in [1.807, 2.05) is 65.1 Å². The number of rotatable bonds is 6. The molecular formula is C25H21N5O2S. The highest BCUT2D eigenvalue weighted by molar-refractivity contribution is 7.99. The van der Waals surface area contributed by atoms with Crippen molar-refractivity contribution in [2.24, 2.45) is 7.05 Å². The van der Waals surface area contributed by atoms with Gasteiger partial charge in [0.2, 0.25) is 11.7 Å². The summed E-state index contributed by atoms with van der Waals surface area (Å²) in [4.78, 5) is 25.4. The van der Waals surface area contributed by atoms with Gasteiger partial charge in [0, 0.05) is 12.7 Å². The van der Waals surface area contributed by atoms with Crippen LogP contribution in [0.15, 0.2) is 88.8 Å². The Morgan fingerprint density at radius 3 is 2.52 bits per heavy atom. The molecule has 3 aromatic carbocycles. The van der Waals surface area contributed by atoms with Gasteiger partial charge >= 0.3 is 0 Å². The minimum Gasteiger partial charge on any atom is -0.325 e. The number of hydrogen-bond acceptors (Lipinski definition) is 5. The zero-order chi connectivity index (χ0) is 22.8. The molecule has 1 amide bonds. The Labute approximate surface area is 194 Å². The van der Waals surface area contributed by atoms with Gasteiger partial charge in [0.25, 0.3) is 5.56 Å². The van der Waals surface area contributed by atoms with E-state index in [0.29, 0.717) is 16.3 Å². The van der Waals surface area contributed by atoms with Crippen LogP contribution in [0, 0.1) is 0 Å². The standard InChI is InChI=1S/C25H21N5O2S/c1-29-23(32)19-12-6-8-14-21(19)30-24(29)27-28-25(30)33-16-22(31)26-20-13-7-5-11-18(20)15-17-9-3-2-4-10-17/h2-14H,15-16H2,1H3,(H,26,31). The lowest BCUT2D eigenvalue weighted by atomic mass is 10.0. The first-order valence-corrected chi connectivity index (χ1v) is 11.5. The van der Waals surface area contributed by atoms with Gasteiger partial charge in [0.15, 0.2) is 5.16 Å². The van der Waals surface area contributed by atoms with E-state index in [1.54, 1.807) is 13.1 Å². The van der Waals surface area contributed by atoms with Crippen molar-refractivity contribution in [1.29, 1.82) is 0 Å². The van der Waals surface area contributed by atoms with E-state index >= 15 is 0 Å². The smallest absolute Gasteiger partial charge is 0.262 e. The maximum absolute atomic E-state index is 12.8. The second-order valence-electron chi connectivity index (χ2n) is 7.66. The lowest BCUT2D eigenvalue weighted by Crippen LogP contribution is -2.20. The summed E-state index contributed by atoms with van der Waals surface area (Å²) in [5, 5.41) is 12.6. The van der Waals surface area contributed by atoms with Crippen LogP contribution in [0.5, 0.6) is 0 Å². The summed E-state index contributed by atoms with van der Waals surface area (Å²) in [6, 6.07) is 25.3. The van der Waals surface area contributed by atoms with E-state index in [0.717, 1.165) is 23.2 Å². The Morgan fingerprint density at radius 2 is 1.67 bits per heavy atom. The molecule has 0 atom stereocenters. The first-order valence-electron chi connectivity index (χ1n) is 10.5. The highest BCUT2D eigenvalue weighted by atomic mass is 32.2. The van der Waals surface area contributed by atoms with Crippen molar-refractivity contribution >= 4 is 40.0 Å². The summed E-state index contributed by atoms with van der Waals surface area (Å²) in [7, 11) is 1.67. The highest BCUT2D eigenvalue weighted by Gasteiger charge is 2.16. The van der Waals surface area contributed by atoms with Crippen LogP contribution in [0.1, 0.15) is 11.1 Å². The highest BCUT2D eigenvalue weighted by Crippen LogP contribution is 2.23. The number of anilines is 1. The van der Waals surface area contributed by atoms with Gasteiger partial charge in [-0.05, 0) is 35.7 Å². The molecule has 0 saturated carbocycles. The van der Waals surface area contributed by atoms with Crippen molar-refractivity contribution in [3.63, 3.8) is 0 Å². The molecule has 0 saturated heterocycles. The lowest BCUT2D eigenvalue weighted by Gasteiger charge is -2.11. The fourth-order valence-corrected chi connectivity index (χ4v) is 4.57. The van der Waals surface area contributed by atoms with Gasteiger partial charge in [0.05, 0.1) is 16.7 Å². The van der Waals surface area contributed by atoms with Gasteiger partial charge in [-0.3, -0.25) is 18.6 Å². The molecule has 5 rings (SSSR count). The molecule has 2 heterocycles. The molecule has 0 unspecified atom stereocenters. The summed E-state index contributed by atoms with van der Waals surface area (Å²) < 4.78 is 3.29. The quantitative estimate of drug-likeness (QED) is 0.393. The third-order valence-electron chi connectivity index (χ3n) is 5.46. The number of carbonyl (C=O) groups is 1. The minimum atomic E-state index is -0.133. The SMILES string of the molecule is Cn1c(=O)c2ccccc2n2c(SCC(=O)Nc3ccccc3Cc3ccccc3)nnc12. The third kappa shape index (κ3) is 4.12. The molecule has 164 valence electrons. The van der Waals surface area contributed by atoms with Gasteiger partial charge in [0.1, 0.15) is 0 Å². The van der Waals surface area contributed by atoms with E-state index in [-0.39, 0.29) is 17.2 Å². The van der Waals surface area contributed by atoms with Gasteiger partial charge in [-0.2, -0.15) is 0 Å². The summed E-state index contributed by atoms with van der Waals surface area (Å²) in [6.07, 6.45) is 0.735. The van der Waals surface area contributed by atoms with Crippen LogP contribution in [-0.4, -0.2) is 30.8 Å². The van der Waals surface area contributed by atoms with E-state index in [9.17, 15) is 9.59 Å². The van der Waals surface area contributed by atoms with E-state index in [1.165, 1.54) is 21.9 Å². The molecule has 0 aliphatic carbocycles. The topological polar surface area (TPSA) is 81.3 Å². The van der Waals surface area contributed by atoms with Crippen molar-refractivity contribution < 1.29 is 4.79 Å². The second kappa shape index (κ2) is 8.91. The number of carbonyl (C=O) groups excluding carboxylic acids is 1. The van der Waals surface area contributed by atoms with Crippen LogP contribution < -0.4 is 10.9 Å². The Balaban J connectivity index is 1.36. The zero-order valence-corrected chi connectivity index (χ0v) is 18.7. The van der Waals surface area contributed by atoms with Gasteiger partial charge in [-0.25, -0.2) is 0 Å². The van der Waals surface area contributed by atoms with Gasteiger partial charge in [-0.1, -0.05) is 72.4 Å². The summed E-state index contributed by atoms with van der Waals surface area (Å²) >= 11 is 1.29. The first-order chi connectivity index (χ1) is 16.1. The van der Waals surface area contributed by atoms with E-state index in [2.05, 4.69) is 27.6 Å². The van der Waals surface area contributed by atoms with Crippen molar-refractivity contribution in [1.82, 2.24) is 19.2 Å². The van der Waals surface area contributed by atoms with Crippen LogP contribution in [0.3, 0.4) is 0 Å². The van der Waals surface area contributed by atoms with Crippen molar-refractivity contribution in [2.45, 2.75) is 11.6 Å². The van der Waals surface area contributed by atoms with Crippen LogP contribution in [0.2, 0.25) is 0 Å². The van der Waals surface area contributed by atoms with E-state index < -0.39 is 0 Å². The third-order valence-corrected chi connectivity index (χ3v) is 6.39. The lowest BCUT2D eigenvalue weighted by molar-refractivity contribution is -0.113. The Bertz CT molecular complexity index is 1520. The summed E-state index contributed by atoms with van der Waals surface area (Å²) in [6.45, 7) is 0. The molecule has 0 fully saturated rings. The number of amides is 1. The van der Waals surface area contributed by atoms with Crippen molar-refractivity contribution in [3.05, 3.63) is 100 Å². The number of nitrogens with one attached hydrogen (secondary N) is 1. The molecule has 0 radical (unpaired) electrons. The number of benzene rings is 3. The average molecular weight is 456 g/mol. The van der Waals surface area contributed by atoms with Gasteiger partial charge < -0.3 is 5.32 Å². The number of aryl methyl sites for hydroxylation is 1. The number of aromatic nitrogens is 4. The molecule has 0 bridgehead atoms. The number of para-hydroxylation sites is 2. The number of nitrogens with zero attached hydrogens (tertiary/aromatic N) is 4. The Morgan fingerprint density at radius 1 is 0.939 bits per heavy atom. The Hall–Kier alpha value is -3.91. The monoisotopic (exact) mass is 455 g/mol. The molecule has 0 spiro atoms. The molecule has 7 nitrogen and oxygen atoms in total.